The molecule has 0 fully saturated rings. The largest absolute Gasteiger partial charge is 0.497 e. The molecule has 2 heterocycles. The quantitative estimate of drug-likeness (QED) is 0.799. The predicted molar refractivity (Wildman–Crippen MR) is 82.2 cm³/mol. The van der Waals surface area contributed by atoms with Crippen LogP contribution in [0.15, 0.2) is 48.7 Å². The van der Waals surface area contributed by atoms with Gasteiger partial charge in [-0.1, -0.05) is 6.07 Å². The van der Waals surface area contributed by atoms with Gasteiger partial charge in [0, 0.05) is 18.9 Å². The average molecular weight is 283 g/mol. The lowest BCUT2D eigenvalue weighted by Crippen LogP contribution is -2.12. The lowest BCUT2D eigenvalue weighted by Gasteiger charge is -2.18. The zero-order valence-corrected chi connectivity index (χ0v) is 12.0. The predicted octanol–water partition coefficient (Wildman–Crippen LogP) is 2.60. The van der Waals surface area contributed by atoms with Gasteiger partial charge in [0.1, 0.15) is 11.4 Å². The van der Waals surface area contributed by atoms with Gasteiger partial charge in [-0.05, 0) is 36.4 Å². The molecule has 21 heavy (non-hydrogen) atoms. The molecule has 0 bridgehead atoms. The van der Waals surface area contributed by atoms with E-state index in [0.29, 0.717) is 0 Å². The summed E-state index contributed by atoms with van der Waals surface area (Å²) >= 11 is 0. The molecule has 5 heteroatoms. The summed E-state index contributed by atoms with van der Waals surface area (Å²) in [7, 11) is 3.58. The van der Waals surface area contributed by atoms with E-state index in [-0.39, 0.29) is 6.61 Å². The summed E-state index contributed by atoms with van der Waals surface area (Å²) < 4.78 is 7.07. The molecule has 1 N–H and O–H groups in total. The number of aromatic nitrogens is 2. The molecule has 3 aromatic rings. The summed E-state index contributed by atoms with van der Waals surface area (Å²) in [5.74, 6) is 1.55. The molecule has 0 radical (unpaired) electrons. The Morgan fingerprint density at radius 1 is 1.19 bits per heavy atom. The van der Waals surface area contributed by atoms with Crippen molar-refractivity contribution in [1.29, 1.82) is 0 Å². The van der Waals surface area contributed by atoms with Gasteiger partial charge < -0.3 is 14.7 Å². The van der Waals surface area contributed by atoms with Gasteiger partial charge in [-0.25, -0.2) is 4.98 Å². The van der Waals surface area contributed by atoms with E-state index < -0.39 is 0 Å². The molecule has 0 aliphatic heterocycles. The third kappa shape index (κ3) is 2.32. The number of imidazole rings is 1. The molecule has 0 spiro atoms. The number of pyridine rings is 1. The minimum atomic E-state index is -0.0684. The van der Waals surface area contributed by atoms with Crippen molar-refractivity contribution in [2.24, 2.45) is 0 Å². The monoisotopic (exact) mass is 283 g/mol. The van der Waals surface area contributed by atoms with Crippen LogP contribution < -0.4 is 9.64 Å². The molecule has 3 rings (SSSR count). The molecule has 0 atom stereocenters. The molecule has 0 unspecified atom stereocenters. The molecule has 5 nitrogen and oxygen atoms in total. The van der Waals surface area contributed by atoms with E-state index in [2.05, 4.69) is 4.98 Å². The van der Waals surface area contributed by atoms with Crippen LogP contribution in [0.4, 0.5) is 11.5 Å². The summed E-state index contributed by atoms with van der Waals surface area (Å²) in [6, 6.07) is 13.5. The molecular weight excluding hydrogens is 266 g/mol. The van der Waals surface area contributed by atoms with Crippen LogP contribution in [0, 0.1) is 0 Å². The first-order valence-electron chi connectivity index (χ1n) is 6.69. The molecule has 0 amide bonds. The number of ether oxygens (including phenoxy) is 1. The Morgan fingerprint density at radius 3 is 2.62 bits per heavy atom. The number of aliphatic hydroxyl groups is 1. The summed E-state index contributed by atoms with van der Waals surface area (Å²) in [5.41, 5.74) is 2.56. The average Bonchev–Trinajstić information content (AvgIpc) is 2.92. The summed E-state index contributed by atoms with van der Waals surface area (Å²) in [4.78, 5) is 6.56. The second kappa shape index (κ2) is 5.46. The van der Waals surface area contributed by atoms with Crippen LogP contribution >= 0.6 is 0 Å². The smallest absolute Gasteiger partial charge is 0.157 e. The van der Waals surface area contributed by atoms with E-state index in [0.717, 1.165) is 28.6 Å². The molecule has 1 aromatic carbocycles. The zero-order chi connectivity index (χ0) is 14.8. The second-order valence-electron chi connectivity index (χ2n) is 4.73. The standard InChI is InChI=1S/C16H17N3O2/c1-18(12-6-8-13(21-2)9-7-12)16-14(11-20)19-10-4-3-5-15(19)17-16/h3-10,20H,11H2,1-2H3. The number of hydrogen-bond donors (Lipinski definition) is 1. The Morgan fingerprint density at radius 2 is 1.95 bits per heavy atom. The highest BCUT2D eigenvalue weighted by Crippen LogP contribution is 2.28. The fourth-order valence-electron chi connectivity index (χ4n) is 2.38. The fraction of sp³-hybridized carbons (Fsp3) is 0.188. The molecule has 2 aromatic heterocycles. The number of benzene rings is 1. The van der Waals surface area contributed by atoms with E-state index in [1.165, 1.54) is 0 Å². The molecule has 0 aliphatic rings. The highest BCUT2D eigenvalue weighted by molar-refractivity contribution is 5.65. The number of anilines is 2. The lowest BCUT2D eigenvalue weighted by atomic mass is 10.2. The van der Waals surface area contributed by atoms with Crippen LogP contribution in [0.3, 0.4) is 0 Å². The Bertz CT molecular complexity index is 750. The third-order valence-electron chi connectivity index (χ3n) is 3.53. The minimum absolute atomic E-state index is 0.0684. The number of methoxy groups -OCH3 is 1. The van der Waals surface area contributed by atoms with E-state index in [9.17, 15) is 5.11 Å². The highest BCUT2D eigenvalue weighted by atomic mass is 16.5. The minimum Gasteiger partial charge on any atom is -0.497 e. The van der Waals surface area contributed by atoms with Gasteiger partial charge in [0.25, 0.3) is 0 Å². The van der Waals surface area contributed by atoms with Crippen molar-refractivity contribution < 1.29 is 9.84 Å². The number of aliphatic hydroxyl groups excluding tert-OH is 1. The Hall–Kier alpha value is -2.53. The van der Waals surface area contributed by atoms with Crippen LogP contribution in [-0.4, -0.2) is 28.6 Å². The van der Waals surface area contributed by atoms with Crippen LogP contribution in [0.1, 0.15) is 5.69 Å². The maximum Gasteiger partial charge on any atom is 0.157 e. The topological polar surface area (TPSA) is 50.0 Å². The first-order chi connectivity index (χ1) is 10.2. The third-order valence-corrected chi connectivity index (χ3v) is 3.53. The van der Waals surface area contributed by atoms with E-state index in [4.69, 9.17) is 4.74 Å². The normalized spacial score (nSPS) is 10.8. The Balaban J connectivity index is 2.05. The number of hydrogen-bond acceptors (Lipinski definition) is 4. The van der Waals surface area contributed by atoms with Crippen LogP contribution in [0.2, 0.25) is 0 Å². The van der Waals surface area contributed by atoms with Crippen molar-refractivity contribution in [3.63, 3.8) is 0 Å². The molecule has 0 aliphatic carbocycles. The van der Waals surface area contributed by atoms with Crippen molar-refractivity contribution >= 4 is 17.2 Å². The van der Waals surface area contributed by atoms with Gasteiger partial charge in [-0.3, -0.25) is 4.40 Å². The van der Waals surface area contributed by atoms with Crippen molar-refractivity contribution in [2.75, 3.05) is 19.1 Å². The maximum atomic E-state index is 9.68. The van der Waals surface area contributed by atoms with Crippen molar-refractivity contribution in [2.45, 2.75) is 6.61 Å². The van der Waals surface area contributed by atoms with Gasteiger partial charge in [0.05, 0.1) is 19.4 Å². The first-order valence-corrected chi connectivity index (χ1v) is 6.69. The number of fused-ring (bicyclic) bond motifs is 1. The van der Waals surface area contributed by atoms with Gasteiger partial charge in [-0.2, -0.15) is 0 Å². The Labute approximate surface area is 123 Å². The molecule has 0 saturated carbocycles. The molecule has 108 valence electrons. The number of rotatable bonds is 4. The molecule has 0 saturated heterocycles. The summed E-state index contributed by atoms with van der Waals surface area (Å²) in [5, 5.41) is 9.68. The van der Waals surface area contributed by atoms with Gasteiger partial charge in [-0.15, -0.1) is 0 Å². The lowest BCUT2D eigenvalue weighted by molar-refractivity contribution is 0.276. The van der Waals surface area contributed by atoms with E-state index in [1.54, 1.807) is 7.11 Å². The van der Waals surface area contributed by atoms with Gasteiger partial charge >= 0.3 is 0 Å². The van der Waals surface area contributed by atoms with Crippen molar-refractivity contribution in [3.8, 4) is 5.75 Å². The van der Waals surface area contributed by atoms with Crippen LogP contribution in [-0.2, 0) is 6.61 Å². The summed E-state index contributed by atoms with van der Waals surface area (Å²) in [6.07, 6.45) is 1.90. The number of nitrogens with zero attached hydrogens (tertiary/aromatic N) is 3. The SMILES string of the molecule is COc1ccc(N(C)c2nc3ccccn3c2CO)cc1. The maximum absolute atomic E-state index is 9.68. The molecular formula is C16H17N3O2. The van der Waals surface area contributed by atoms with Gasteiger partial charge in [0.15, 0.2) is 5.82 Å². The Kier molecular flexibility index (Phi) is 3.50. The summed E-state index contributed by atoms with van der Waals surface area (Å²) in [6.45, 7) is -0.0684. The van der Waals surface area contributed by atoms with Gasteiger partial charge in [0.2, 0.25) is 0 Å². The van der Waals surface area contributed by atoms with Crippen molar-refractivity contribution in [3.05, 3.63) is 54.4 Å². The van der Waals surface area contributed by atoms with Crippen LogP contribution in [0.25, 0.3) is 5.65 Å². The van der Waals surface area contributed by atoms with Crippen molar-refractivity contribution in [1.82, 2.24) is 9.38 Å². The zero-order valence-electron chi connectivity index (χ0n) is 12.0. The fourth-order valence-corrected chi connectivity index (χ4v) is 2.38. The van der Waals surface area contributed by atoms with Crippen LogP contribution in [0.5, 0.6) is 5.75 Å². The highest BCUT2D eigenvalue weighted by Gasteiger charge is 2.16. The van der Waals surface area contributed by atoms with E-state index in [1.807, 2.05) is 65.0 Å². The second-order valence-corrected chi connectivity index (χ2v) is 4.73. The van der Waals surface area contributed by atoms with E-state index >= 15 is 0 Å². The first kappa shape index (κ1) is 13.5.